The van der Waals surface area contributed by atoms with Crippen molar-refractivity contribution in [2.24, 2.45) is 0 Å². The van der Waals surface area contributed by atoms with Gasteiger partial charge in [0.2, 0.25) is 0 Å². The minimum atomic E-state index is -2.82. The van der Waals surface area contributed by atoms with Crippen molar-refractivity contribution in [1.29, 1.82) is 0 Å². The van der Waals surface area contributed by atoms with Gasteiger partial charge in [0, 0.05) is 5.56 Å². The average molecular weight is 482 g/mol. The fraction of sp³-hybridized carbons (Fsp3) is 0.240. The van der Waals surface area contributed by atoms with Crippen LogP contribution in [0.2, 0.25) is 0 Å². The lowest BCUT2D eigenvalue weighted by molar-refractivity contribution is 0.0941. The molecule has 2 heterocycles. The Kier molecular flexibility index (Phi) is 6.81. The number of alkyl halides is 2. The van der Waals surface area contributed by atoms with E-state index in [1.807, 2.05) is 0 Å². The lowest BCUT2D eigenvalue weighted by Crippen LogP contribution is -2.26. The van der Waals surface area contributed by atoms with E-state index in [9.17, 15) is 13.6 Å². The van der Waals surface area contributed by atoms with E-state index >= 15 is 0 Å². The summed E-state index contributed by atoms with van der Waals surface area (Å²) in [7, 11) is 4.60. The predicted molar refractivity (Wildman–Crippen MR) is 125 cm³/mol. The van der Waals surface area contributed by atoms with Gasteiger partial charge in [-0.1, -0.05) is 6.07 Å². The Morgan fingerprint density at radius 1 is 0.971 bits per heavy atom. The lowest BCUT2D eigenvalue weighted by atomic mass is 10.1. The van der Waals surface area contributed by atoms with Gasteiger partial charge in [0.05, 0.1) is 39.3 Å². The van der Waals surface area contributed by atoms with Gasteiger partial charge >= 0.3 is 0 Å². The molecule has 35 heavy (non-hydrogen) atoms. The zero-order chi connectivity index (χ0) is 25.1. The first kappa shape index (κ1) is 23.9. The molecule has 0 bridgehead atoms. The molecule has 182 valence electrons. The summed E-state index contributed by atoms with van der Waals surface area (Å²) in [4.78, 5) is 17.6. The normalized spacial score (nSPS) is 12.0. The van der Waals surface area contributed by atoms with Gasteiger partial charge < -0.3 is 19.5 Å². The summed E-state index contributed by atoms with van der Waals surface area (Å²) >= 11 is 0. The van der Waals surface area contributed by atoms with Gasteiger partial charge in [-0.3, -0.25) is 4.79 Å². The molecular weight excluding hydrogens is 458 g/mol. The minimum absolute atomic E-state index is 0.0330. The number of methoxy groups -OCH3 is 3. The number of aromatic nitrogens is 3. The molecule has 0 aliphatic rings. The van der Waals surface area contributed by atoms with Gasteiger partial charge in [0.1, 0.15) is 17.0 Å². The highest BCUT2D eigenvalue weighted by atomic mass is 19.3. The molecule has 4 aromatic rings. The van der Waals surface area contributed by atoms with Gasteiger partial charge in [0.25, 0.3) is 12.3 Å². The highest BCUT2D eigenvalue weighted by Gasteiger charge is 2.23. The van der Waals surface area contributed by atoms with E-state index in [4.69, 9.17) is 14.2 Å². The van der Waals surface area contributed by atoms with Gasteiger partial charge in [-0.2, -0.15) is 5.10 Å². The number of hydrogen-bond donors (Lipinski definition) is 1. The molecule has 1 N–H and O–H groups in total. The minimum Gasteiger partial charge on any atom is -0.497 e. The van der Waals surface area contributed by atoms with E-state index in [2.05, 4.69) is 15.4 Å². The third kappa shape index (κ3) is 4.72. The third-order valence-electron chi connectivity index (χ3n) is 5.61. The smallest absolute Gasteiger partial charge is 0.280 e. The molecule has 0 fully saturated rings. The van der Waals surface area contributed by atoms with Crippen molar-refractivity contribution in [2.45, 2.75) is 19.4 Å². The quantitative estimate of drug-likeness (QED) is 0.386. The molecule has 4 rings (SSSR count). The van der Waals surface area contributed by atoms with Gasteiger partial charge in [0.15, 0.2) is 17.1 Å². The number of benzene rings is 2. The number of nitrogens with one attached hydrogen (secondary N) is 1. The molecular formula is C25H24F2N4O4. The van der Waals surface area contributed by atoms with E-state index in [0.29, 0.717) is 22.8 Å². The second kappa shape index (κ2) is 9.96. The number of nitrogens with zero attached hydrogens (tertiary/aromatic N) is 3. The first-order chi connectivity index (χ1) is 16.9. The standard InChI is InChI=1S/C25H24F2N4O4/c1-14(16-7-10-21(34-3)22(11-16)35-4)29-25(32)18-13-28-31-20(23(26)27)12-19(30-24(18)31)15-5-8-17(33-2)9-6-15/h5-14,23H,1-4H3,(H,29,32)/t14-/m1/s1. The molecule has 0 saturated carbocycles. The summed E-state index contributed by atoms with van der Waals surface area (Å²) in [5.41, 5.74) is 1.40. The number of carbonyl (C=O) groups is 1. The third-order valence-corrected chi connectivity index (χ3v) is 5.61. The summed E-state index contributed by atoms with van der Waals surface area (Å²) in [6.07, 6.45) is -1.58. The Hall–Kier alpha value is -4.21. The van der Waals surface area contributed by atoms with E-state index < -0.39 is 18.4 Å². The molecule has 1 amide bonds. The molecule has 0 radical (unpaired) electrons. The first-order valence-electron chi connectivity index (χ1n) is 10.7. The highest BCUT2D eigenvalue weighted by Crippen LogP contribution is 2.31. The van der Waals surface area contributed by atoms with Crippen LogP contribution >= 0.6 is 0 Å². The number of ether oxygens (including phenoxy) is 3. The summed E-state index contributed by atoms with van der Waals surface area (Å²) in [6, 6.07) is 13.0. The van der Waals surface area contributed by atoms with Crippen molar-refractivity contribution in [1.82, 2.24) is 19.9 Å². The zero-order valence-electron chi connectivity index (χ0n) is 19.6. The Morgan fingerprint density at radius 3 is 2.31 bits per heavy atom. The maximum atomic E-state index is 13.9. The number of rotatable bonds is 8. The second-order valence-corrected chi connectivity index (χ2v) is 7.70. The maximum absolute atomic E-state index is 13.9. The maximum Gasteiger partial charge on any atom is 0.280 e. The van der Waals surface area contributed by atoms with Crippen LogP contribution in [0.1, 0.15) is 41.0 Å². The fourth-order valence-corrected chi connectivity index (χ4v) is 3.69. The molecule has 0 saturated heterocycles. The van der Waals surface area contributed by atoms with Crippen LogP contribution in [-0.4, -0.2) is 41.8 Å². The van der Waals surface area contributed by atoms with Crippen molar-refractivity contribution in [3.63, 3.8) is 0 Å². The van der Waals surface area contributed by atoms with E-state index in [1.165, 1.54) is 33.6 Å². The van der Waals surface area contributed by atoms with Crippen LogP contribution < -0.4 is 19.5 Å². The van der Waals surface area contributed by atoms with Crippen LogP contribution in [0.15, 0.2) is 54.7 Å². The molecule has 0 aliphatic carbocycles. The summed E-state index contributed by atoms with van der Waals surface area (Å²) in [6.45, 7) is 1.80. The SMILES string of the molecule is COc1ccc(-c2cc(C(F)F)n3ncc(C(=O)N[C@H](C)c4ccc(OC)c(OC)c4)c3n2)cc1. The zero-order valence-corrected chi connectivity index (χ0v) is 19.6. The van der Waals surface area contributed by atoms with Crippen LogP contribution in [0.4, 0.5) is 8.78 Å². The fourth-order valence-electron chi connectivity index (χ4n) is 3.69. The Bertz CT molecular complexity index is 1360. The first-order valence-corrected chi connectivity index (χ1v) is 10.7. The summed E-state index contributed by atoms with van der Waals surface area (Å²) in [5, 5.41) is 6.88. The van der Waals surface area contributed by atoms with Gasteiger partial charge in [-0.15, -0.1) is 0 Å². The topological polar surface area (TPSA) is 87.0 Å². The van der Waals surface area contributed by atoms with Crippen molar-refractivity contribution in [3.05, 3.63) is 71.5 Å². The molecule has 10 heteroatoms. The molecule has 0 aliphatic heterocycles. The molecule has 1 atom stereocenters. The monoisotopic (exact) mass is 482 g/mol. The largest absolute Gasteiger partial charge is 0.497 e. The van der Waals surface area contributed by atoms with Crippen LogP contribution in [0.25, 0.3) is 16.9 Å². The molecule has 0 spiro atoms. The second-order valence-electron chi connectivity index (χ2n) is 7.70. The van der Waals surface area contributed by atoms with Crippen LogP contribution in [0.5, 0.6) is 17.2 Å². The highest BCUT2D eigenvalue weighted by molar-refractivity contribution is 6.00. The van der Waals surface area contributed by atoms with Crippen molar-refractivity contribution >= 4 is 11.6 Å². The lowest BCUT2D eigenvalue weighted by Gasteiger charge is -2.16. The van der Waals surface area contributed by atoms with Crippen molar-refractivity contribution in [3.8, 4) is 28.5 Å². The molecule has 0 unspecified atom stereocenters. The Morgan fingerprint density at radius 2 is 1.69 bits per heavy atom. The predicted octanol–water partition coefficient (Wildman–Crippen LogP) is 4.85. The number of fused-ring (bicyclic) bond motifs is 1. The molecule has 2 aromatic heterocycles. The van der Waals surface area contributed by atoms with E-state index in [-0.39, 0.29) is 22.6 Å². The van der Waals surface area contributed by atoms with Crippen LogP contribution in [0, 0.1) is 0 Å². The van der Waals surface area contributed by atoms with Crippen molar-refractivity contribution < 1.29 is 27.8 Å². The van der Waals surface area contributed by atoms with Crippen molar-refractivity contribution in [2.75, 3.05) is 21.3 Å². The van der Waals surface area contributed by atoms with Crippen LogP contribution in [0.3, 0.4) is 0 Å². The summed E-state index contributed by atoms with van der Waals surface area (Å²) in [5.74, 6) is 1.21. The Balaban J connectivity index is 1.69. The molecule has 2 aromatic carbocycles. The molecule has 8 nitrogen and oxygen atoms in total. The Labute approximate surface area is 200 Å². The van der Waals surface area contributed by atoms with Crippen LogP contribution in [-0.2, 0) is 0 Å². The van der Waals surface area contributed by atoms with Gasteiger partial charge in [-0.25, -0.2) is 18.3 Å². The summed E-state index contributed by atoms with van der Waals surface area (Å²) < 4.78 is 44.4. The number of halogens is 2. The number of hydrogen-bond acceptors (Lipinski definition) is 6. The average Bonchev–Trinajstić information content (AvgIpc) is 3.31. The van der Waals surface area contributed by atoms with E-state index in [0.717, 1.165) is 10.1 Å². The number of carbonyl (C=O) groups excluding carboxylic acids is 1. The van der Waals surface area contributed by atoms with E-state index in [1.54, 1.807) is 49.4 Å². The number of amides is 1. The van der Waals surface area contributed by atoms with Gasteiger partial charge in [-0.05, 0) is 55.0 Å².